The van der Waals surface area contributed by atoms with Crippen molar-refractivity contribution in [2.24, 2.45) is 0 Å². The van der Waals surface area contributed by atoms with E-state index in [1.165, 1.54) is 0 Å². The third-order valence-corrected chi connectivity index (χ3v) is 5.78. The lowest BCUT2D eigenvalue weighted by Gasteiger charge is -2.14. The van der Waals surface area contributed by atoms with E-state index in [-0.39, 0.29) is 11.3 Å². The van der Waals surface area contributed by atoms with E-state index < -0.39 is 22.9 Å². The van der Waals surface area contributed by atoms with Crippen LogP contribution in [0.5, 0.6) is 0 Å². The summed E-state index contributed by atoms with van der Waals surface area (Å²) in [6, 6.07) is 14.1. The van der Waals surface area contributed by atoms with Gasteiger partial charge in [0.05, 0.1) is 21.3 Å². The molecule has 27 heavy (non-hydrogen) atoms. The summed E-state index contributed by atoms with van der Waals surface area (Å²) >= 11 is 0. The quantitative estimate of drug-likeness (QED) is 0.515. The number of fused-ring (bicyclic) bond motifs is 1. The van der Waals surface area contributed by atoms with Crippen LogP contribution in [0.1, 0.15) is 40.3 Å². The molecule has 0 radical (unpaired) electrons. The van der Waals surface area contributed by atoms with Gasteiger partial charge in [-0.25, -0.2) is 4.79 Å². The molecule has 0 aliphatic carbocycles. The first-order valence-corrected chi connectivity index (χ1v) is 10.1. The number of ether oxygens (including phenoxy) is 1. The van der Waals surface area contributed by atoms with Gasteiger partial charge in [-0.05, 0) is 32.0 Å². The molecule has 2 atom stereocenters. The van der Waals surface area contributed by atoms with Crippen LogP contribution in [0.3, 0.4) is 0 Å². The largest absolute Gasteiger partial charge is 0.451 e. The second kappa shape index (κ2) is 7.88. The summed E-state index contributed by atoms with van der Waals surface area (Å²) in [6.07, 6.45) is -0.960. The Morgan fingerprint density at radius 1 is 1.11 bits per heavy atom. The minimum absolute atomic E-state index is 0.230. The number of hydrogen-bond acceptors (Lipinski definition) is 4. The summed E-state index contributed by atoms with van der Waals surface area (Å²) in [5.74, 6) is -0.522. The molecule has 0 fully saturated rings. The summed E-state index contributed by atoms with van der Waals surface area (Å²) < 4.78 is 17.6. The molecule has 0 aliphatic heterocycles. The predicted molar refractivity (Wildman–Crippen MR) is 106 cm³/mol. The number of Topliss-reactive ketones (excluding diaryl/α,β-unsaturated/α-hetero) is 1. The van der Waals surface area contributed by atoms with E-state index in [0.717, 1.165) is 16.6 Å². The summed E-state index contributed by atoms with van der Waals surface area (Å²) in [4.78, 5) is 29.1. The molecule has 2 unspecified atom stereocenters. The van der Waals surface area contributed by atoms with Crippen LogP contribution in [0.25, 0.3) is 10.9 Å². The van der Waals surface area contributed by atoms with Crippen LogP contribution in [0.15, 0.2) is 53.4 Å². The fourth-order valence-electron chi connectivity index (χ4n) is 3.06. The molecule has 1 aromatic heterocycles. The van der Waals surface area contributed by atoms with Crippen LogP contribution >= 0.6 is 0 Å². The molecular formula is C21H21NO4S. The van der Waals surface area contributed by atoms with Crippen LogP contribution in [0, 0.1) is 6.92 Å². The fraction of sp³-hybridized carbons (Fsp3) is 0.238. The van der Waals surface area contributed by atoms with E-state index in [9.17, 15) is 13.8 Å². The van der Waals surface area contributed by atoms with Gasteiger partial charge in [-0.15, -0.1) is 0 Å². The topological polar surface area (TPSA) is 76.2 Å². The Bertz CT molecular complexity index is 1040. The van der Waals surface area contributed by atoms with Crippen molar-refractivity contribution >= 4 is 33.5 Å². The van der Waals surface area contributed by atoms with Crippen LogP contribution in [0.2, 0.25) is 0 Å². The van der Waals surface area contributed by atoms with E-state index in [1.54, 1.807) is 38.1 Å². The number of nitrogens with one attached hydrogen (secondary N) is 1. The molecular weight excluding hydrogens is 362 g/mol. The number of para-hydroxylation sites is 1. The molecule has 1 N–H and O–H groups in total. The normalized spacial score (nSPS) is 13.3. The smallest absolute Gasteiger partial charge is 0.340 e. The molecule has 140 valence electrons. The molecule has 2 aromatic carbocycles. The molecule has 3 aromatic rings. The molecule has 3 rings (SSSR count). The number of carbonyl (C=O) groups is 2. The Labute approximate surface area is 160 Å². The minimum Gasteiger partial charge on any atom is -0.451 e. The highest BCUT2D eigenvalue weighted by molar-refractivity contribution is 7.85. The van der Waals surface area contributed by atoms with Crippen molar-refractivity contribution in [3.05, 3.63) is 65.4 Å². The first-order chi connectivity index (χ1) is 12.9. The summed E-state index contributed by atoms with van der Waals surface area (Å²) in [6.45, 7) is 5.16. The van der Waals surface area contributed by atoms with E-state index in [1.807, 2.05) is 31.2 Å². The second-order valence-electron chi connectivity index (χ2n) is 6.21. The van der Waals surface area contributed by atoms with Gasteiger partial charge in [0.25, 0.3) is 0 Å². The first-order valence-electron chi connectivity index (χ1n) is 8.74. The van der Waals surface area contributed by atoms with Crippen molar-refractivity contribution in [2.75, 3.05) is 5.75 Å². The highest BCUT2D eigenvalue weighted by Crippen LogP contribution is 2.24. The van der Waals surface area contributed by atoms with Gasteiger partial charge in [0.2, 0.25) is 5.78 Å². The number of ketones is 1. The zero-order chi connectivity index (χ0) is 19.6. The standard InChI is InChI=1S/C21H21NO4S/c1-4-27(25)18-12-8-6-10-16(18)21(24)26-14(3)20(23)19-13(2)22-17-11-7-5-9-15(17)19/h5-12,14,22H,4H2,1-3H3. The molecule has 0 aliphatic rings. The zero-order valence-corrected chi connectivity index (χ0v) is 16.3. The van der Waals surface area contributed by atoms with Crippen LogP contribution in [0.4, 0.5) is 0 Å². The predicted octanol–water partition coefficient (Wildman–Crippen LogP) is 4.03. The lowest BCUT2D eigenvalue weighted by atomic mass is 10.0. The molecule has 0 saturated carbocycles. The number of carbonyl (C=O) groups excluding carboxylic acids is 2. The number of rotatable bonds is 6. The maximum absolute atomic E-state index is 12.9. The maximum atomic E-state index is 12.9. The maximum Gasteiger partial charge on any atom is 0.340 e. The SMILES string of the molecule is CCS(=O)c1ccccc1C(=O)OC(C)C(=O)c1c(C)[nH]c2ccccc12. The average Bonchev–Trinajstić information content (AvgIpc) is 3.02. The van der Waals surface area contributed by atoms with E-state index in [4.69, 9.17) is 4.74 Å². The summed E-state index contributed by atoms with van der Waals surface area (Å²) in [7, 11) is -1.29. The Balaban J connectivity index is 1.86. The number of H-pyrrole nitrogens is 1. The monoisotopic (exact) mass is 383 g/mol. The van der Waals surface area contributed by atoms with Crippen molar-refractivity contribution in [1.82, 2.24) is 4.98 Å². The molecule has 0 saturated heterocycles. The zero-order valence-electron chi connectivity index (χ0n) is 15.4. The molecule has 0 amide bonds. The van der Waals surface area contributed by atoms with Gasteiger partial charge in [-0.3, -0.25) is 9.00 Å². The summed E-state index contributed by atoms with van der Waals surface area (Å²) in [5, 5.41) is 0.801. The lowest BCUT2D eigenvalue weighted by molar-refractivity contribution is 0.0315. The number of hydrogen-bond donors (Lipinski definition) is 1. The van der Waals surface area contributed by atoms with Crippen molar-refractivity contribution in [3.8, 4) is 0 Å². The Morgan fingerprint density at radius 3 is 2.52 bits per heavy atom. The van der Waals surface area contributed by atoms with Gasteiger partial charge >= 0.3 is 5.97 Å². The van der Waals surface area contributed by atoms with E-state index in [0.29, 0.717) is 16.2 Å². The van der Waals surface area contributed by atoms with Gasteiger partial charge in [0.15, 0.2) is 6.10 Å². The number of benzene rings is 2. The molecule has 0 bridgehead atoms. The van der Waals surface area contributed by atoms with Crippen molar-refractivity contribution in [1.29, 1.82) is 0 Å². The van der Waals surface area contributed by atoms with Gasteiger partial charge in [-0.2, -0.15) is 0 Å². The third kappa shape index (κ3) is 3.71. The Morgan fingerprint density at radius 2 is 1.78 bits per heavy atom. The number of aromatic amines is 1. The number of aromatic nitrogens is 1. The third-order valence-electron chi connectivity index (χ3n) is 4.41. The van der Waals surface area contributed by atoms with Gasteiger partial charge in [0.1, 0.15) is 0 Å². The Kier molecular flexibility index (Phi) is 5.56. The fourth-order valence-corrected chi connectivity index (χ4v) is 4.00. The van der Waals surface area contributed by atoms with Crippen molar-refractivity contribution in [3.63, 3.8) is 0 Å². The van der Waals surface area contributed by atoms with Crippen LogP contribution in [-0.2, 0) is 15.5 Å². The van der Waals surface area contributed by atoms with Crippen LogP contribution < -0.4 is 0 Å². The molecule has 1 heterocycles. The van der Waals surface area contributed by atoms with Gasteiger partial charge in [-0.1, -0.05) is 37.3 Å². The van der Waals surface area contributed by atoms with Gasteiger partial charge < -0.3 is 9.72 Å². The summed E-state index contributed by atoms with van der Waals surface area (Å²) in [5.41, 5.74) is 2.35. The second-order valence-corrected chi connectivity index (χ2v) is 7.92. The first kappa shape index (κ1) is 19.0. The van der Waals surface area contributed by atoms with Gasteiger partial charge in [0, 0.05) is 27.9 Å². The molecule has 6 heteroatoms. The highest BCUT2D eigenvalue weighted by Gasteiger charge is 2.26. The average molecular weight is 383 g/mol. The van der Waals surface area contributed by atoms with Crippen molar-refractivity contribution < 1.29 is 18.5 Å². The Hall–Kier alpha value is -2.73. The molecule has 5 nitrogen and oxygen atoms in total. The number of aryl methyl sites for hydroxylation is 1. The lowest BCUT2D eigenvalue weighted by Crippen LogP contribution is -2.25. The van der Waals surface area contributed by atoms with E-state index in [2.05, 4.69) is 4.98 Å². The van der Waals surface area contributed by atoms with E-state index >= 15 is 0 Å². The number of esters is 1. The van der Waals surface area contributed by atoms with Crippen LogP contribution in [-0.4, -0.2) is 32.8 Å². The molecule has 0 spiro atoms. The van der Waals surface area contributed by atoms with Crippen molar-refractivity contribution in [2.45, 2.75) is 31.8 Å². The highest BCUT2D eigenvalue weighted by atomic mass is 32.2. The minimum atomic E-state index is -1.29.